The van der Waals surface area contributed by atoms with E-state index < -0.39 is 0 Å². The molecule has 64 valence electrons. The normalized spacial score (nSPS) is 13.8. The summed E-state index contributed by atoms with van der Waals surface area (Å²) in [5.74, 6) is 0. The van der Waals surface area contributed by atoms with Gasteiger partial charge < -0.3 is 0 Å². The van der Waals surface area contributed by atoms with Gasteiger partial charge in [-0.2, -0.15) is 0 Å². The Morgan fingerprint density at radius 3 is 2.27 bits per heavy atom. The van der Waals surface area contributed by atoms with Crippen LogP contribution in [0.2, 0.25) is 0 Å². The van der Waals surface area contributed by atoms with Crippen LogP contribution in [0.5, 0.6) is 0 Å². The third-order valence-corrected chi connectivity index (χ3v) is 2.08. The first kappa shape index (κ1) is 10.5. The van der Waals surface area contributed by atoms with Gasteiger partial charge in [0.1, 0.15) is 0 Å². The zero-order valence-corrected chi connectivity index (χ0v) is 8.28. The van der Waals surface area contributed by atoms with E-state index in [1.165, 1.54) is 30.4 Å². The molecule has 0 aromatic carbocycles. The average Bonchev–Trinajstić information content (AvgIpc) is 2.04. The van der Waals surface area contributed by atoms with E-state index in [0.717, 1.165) is 0 Å². The molecule has 0 aliphatic rings. The predicted octanol–water partition coefficient (Wildman–Crippen LogP) is 4.09. The van der Waals surface area contributed by atoms with Gasteiger partial charge >= 0.3 is 0 Å². The molecule has 0 heterocycles. The van der Waals surface area contributed by atoms with E-state index in [1.807, 2.05) is 0 Å². The first-order chi connectivity index (χ1) is 5.20. The van der Waals surface area contributed by atoms with Crippen molar-refractivity contribution in [1.29, 1.82) is 0 Å². The molecular formula is C11H20. The Bertz CT molecular complexity index is 149. The fraction of sp³-hybridized carbons (Fsp3) is 0.636. The number of rotatable bonds is 4. The van der Waals surface area contributed by atoms with Gasteiger partial charge in [0.2, 0.25) is 0 Å². The summed E-state index contributed by atoms with van der Waals surface area (Å²) in [5.41, 5.74) is 3.00. The van der Waals surface area contributed by atoms with Crippen LogP contribution in [-0.4, -0.2) is 0 Å². The molecule has 0 heteroatoms. The minimum Gasteiger partial charge on any atom is -0.0887 e. The average molecular weight is 152 g/mol. The highest BCUT2D eigenvalue weighted by Crippen LogP contribution is 2.07. The lowest BCUT2D eigenvalue weighted by atomic mass is 10.1. The molecule has 0 nitrogen and oxygen atoms in total. The minimum atomic E-state index is 1.19. The van der Waals surface area contributed by atoms with Gasteiger partial charge in [-0.15, -0.1) is 0 Å². The summed E-state index contributed by atoms with van der Waals surface area (Å²) in [7, 11) is 0. The van der Waals surface area contributed by atoms with Gasteiger partial charge in [0.05, 0.1) is 0 Å². The van der Waals surface area contributed by atoms with Crippen molar-refractivity contribution >= 4 is 0 Å². The fourth-order valence-corrected chi connectivity index (χ4v) is 0.835. The lowest BCUT2D eigenvalue weighted by Gasteiger charge is -1.97. The summed E-state index contributed by atoms with van der Waals surface area (Å²) in [6.07, 6.45) is 8.14. The highest BCUT2D eigenvalue weighted by Gasteiger charge is 1.86. The van der Waals surface area contributed by atoms with Gasteiger partial charge in [-0.3, -0.25) is 0 Å². The van der Waals surface area contributed by atoms with Crippen molar-refractivity contribution in [2.45, 2.75) is 47.0 Å². The maximum absolute atomic E-state index is 2.34. The van der Waals surface area contributed by atoms with E-state index in [4.69, 9.17) is 0 Å². The van der Waals surface area contributed by atoms with Crippen molar-refractivity contribution in [2.75, 3.05) is 0 Å². The molecule has 0 fully saturated rings. The third kappa shape index (κ3) is 5.90. The van der Waals surface area contributed by atoms with Crippen LogP contribution < -0.4 is 0 Å². The zero-order chi connectivity index (χ0) is 8.69. The predicted molar refractivity (Wildman–Crippen MR) is 52.7 cm³/mol. The van der Waals surface area contributed by atoms with E-state index in [0.29, 0.717) is 0 Å². The lowest BCUT2D eigenvalue weighted by Crippen LogP contribution is -1.76. The van der Waals surface area contributed by atoms with Crippen LogP contribution in [0.25, 0.3) is 0 Å². The molecule has 0 rings (SSSR count). The molecule has 11 heavy (non-hydrogen) atoms. The van der Waals surface area contributed by atoms with Crippen molar-refractivity contribution in [3.8, 4) is 0 Å². The van der Waals surface area contributed by atoms with Gasteiger partial charge in [-0.25, -0.2) is 0 Å². The summed E-state index contributed by atoms with van der Waals surface area (Å²) in [5, 5.41) is 0. The maximum atomic E-state index is 2.34. The van der Waals surface area contributed by atoms with Gasteiger partial charge in [0, 0.05) is 0 Å². The molecule has 0 aromatic rings. The van der Waals surface area contributed by atoms with Crippen LogP contribution in [0.3, 0.4) is 0 Å². The molecule has 0 N–H and O–H groups in total. The standard InChI is InChI=1S/C11H20/c1-5-10(3)8-7-9-11(4)6-2/h5,9H,6-8H2,1-4H3/b10-5-,11-9-. The quantitative estimate of drug-likeness (QED) is 0.532. The largest absolute Gasteiger partial charge is 0.0887 e. The van der Waals surface area contributed by atoms with Crippen molar-refractivity contribution in [2.24, 2.45) is 0 Å². The smallest absolute Gasteiger partial charge is 0.0288 e. The van der Waals surface area contributed by atoms with Crippen molar-refractivity contribution < 1.29 is 0 Å². The number of allylic oxidation sites excluding steroid dienone is 4. The van der Waals surface area contributed by atoms with Crippen LogP contribution in [0.1, 0.15) is 47.0 Å². The minimum absolute atomic E-state index is 1.19. The van der Waals surface area contributed by atoms with E-state index in [2.05, 4.69) is 39.8 Å². The molecule has 0 aliphatic heterocycles. The lowest BCUT2D eigenvalue weighted by molar-refractivity contribution is 0.948. The Morgan fingerprint density at radius 1 is 1.18 bits per heavy atom. The van der Waals surface area contributed by atoms with Crippen molar-refractivity contribution in [3.63, 3.8) is 0 Å². The van der Waals surface area contributed by atoms with Crippen molar-refractivity contribution in [1.82, 2.24) is 0 Å². The molecular weight excluding hydrogens is 132 g/mol. The monoisotopic (exact) mass is 152 g/mol. The van der Waals surface area contributed by atoms with Gasteiger partial charge in [0.25, 0.3) is 0 Å². The van der Waals surface area contributed by atoms with Crippen molar-refractivity contribution in [3.05, 3.63) is 23.3 Å². The molecule has 0 spiro atoms. The van der Waals surface area contributed by atoms with E-state index in [1.54, 1.807) is 0 Å². The second-order valence-corrected chi connectivity index (χ2v) is 3.08. The van der Waals surface area contributed by atoms with Crippen LogP contribution in [0.4, 0.5) is 0 Å². The van der Waals surface area contributed by atoms with Crippen LogP contribution in [-0.2, 0) is 0 Å². The van der Waals surface area contributed by atoms with E-state index >= 15 is 0 Å². The topological polar surface area (TPSA) is 0 Å². The summed E-state index contributed by atoms with van der Waals surface area (Å²) in [6.45, 7) is 8.69. The first-order valence-electron chi connectivity index (χ1n) is 4.48. The molecule has 0 aromatic heterocycles. The van der Waals surface area contributed by atoms with Gasteiger partial charge in [-0.05, 0) is 40.0 Å². The highest BCUT2D eigenvalue weighted by molar-refractivity contribution is 5.01. The summed E-state index contributed by atoms with van der Waals surface area (Å²) < 4.78 is 0. The summed E-state index contributed by atoms with van der Waals surface area (Å²) >= 11 is 0. The molecule has 0 bridgehead atoms. The number of hydrogen-bond donors (Lipinski definition) is 0. The Balaban J connectivity index is 3.56. The van der Waals surface area contributed by atoms with E-state index in [-0.39, 0.29) is 0 Å². The first-order valence-corrected chi connectivity index (χ1v) is 4.48. The molecule has 0 atom stereocenters. The maximum Gasteiger partial charge on any atom is -0.0288 e. The Kier molecular flexibility index (Phi) is 5.91. The summed E-state index contributed by atoms with van der Waals surface area (Å²) in [4.78, 5) is 0. The SMILES string of the molecule is C/C=C(/C)CC/C=C(/C)CC. The second-order valence-electron chi connectivity index (χ2n) is 3.08. The molecule has 0 unspecified atom stereocenters. The van der Waals surface area contributed by atoms with Crippen LogP contribution in [0, 0.1) is 0 Å². The molecule has 0 aliphatic carbocycles. The number of hydrogen-bond acceptors (Lipinski definition) is 0. The van der Waals surface area contributed by atoms with Gasteiger partial charge in [-0.1, -0.05) is 30.2 Å². The second kappa shape index (κ2) is 6.21. The Labute approximate surface area is 71.0 Å². The van der Waals surface area contributed by atoms with Crippen LogP contribution in [0.15, 0.2) is 23.3 Å². The van der Waals surface area contributed by atoms with Crippen LogP contribution >= 0.6 is 0 Å². The fourth-order valence-electron chi connectivity index (χ4n) is 0.835. The molecule has 0 saturated heterocycles. The molecule has 0 saturated carbocycles. The zero-order valence-electron chi connectivity index (χ0n) is 8.28. The molecule has 0 radical (unpaired) electrons. The third-order valence-electron chi connectivity index (χ3n) is 2.08. The Morgan fingerprint density at radius 2 is 1.82 bits per heavy atom. The van der Waals surface area contributed by atoms with Gasteiger partial charge in [0.15, 0.2) is 0 Å². The molecule has 0 amide bonds. The highest BCUT2D eigenvalue weighted by atomic mass is 13.9. The Hall–Kier alpha value is -0.520. The summed E-state index contributed by atoms with van der Waals surface area (Å²) in [6, 6.07) is 0. The van der Waals surface area contributed by atoms with E-state index in [9.17, 15) is 0 Å².